The summed E-state index contributed by atoms with van der Waals surface area (Å²) in [4.78, 5) is 13.8. The summed E-state index contributed by atoms with van der Waals surface area (Å²) in [6, 6.07) is 10.3. The maximum atomic E-state index is 11.7. The second-order valence-corrected chi connectivity index (χ2v) is 11.1. The summed E-state index contributed by atoms with van der Waals surface area (Å²) in [6.45, 7) is 5.04. The molecule has 2 heteroatoms. The van der Waals surface area contributed by atoms with Crippen molar-refractivity contribution in [3.05, 3.63) is 53.1 Å². The number of hydrogen-bond donors (Lipinski definition) is 0. The lowest BCUT2D eigenvalue weighted by molar-refractivity contribution is -0.114. The molecule has 3 fully saturated rings. The molecule has 3 saturated carbocycles. The Labute approximate surface area is 182 Å². The van der Waals surface area contributed by atoms with Gasteiger partial charge in [-0.15, -0.1) is 0 Å². The van der Waals surface area contributed by atoms with E-state index in [1.165, 1.54) is 49.8 Å². The molecule has 5 aliphatic carbocycles. The van der Waals surface area contributed by atoms with E-state index in [2.05, 4.69) is 30.9 Å². The van der Waals surface area contributed by atoms with Gasteiger partial charge >= 0.3 is 0 Å². The van der Waals surface area contributed by atoms with E-state index >= 15 is 0 Å². The predicted molar refractivity (Wildman–Crippen MR) is 125 cm³/mol. The molecule has 2 nitrogen and oxygen atoms in total. The van der Waals surface area contributed by atoms with Crippen molar-refractivity contribution in [3.63, 3.8) is 0 Å². The van der Waals surface area contributed by atoms with E-state index in [1.807, 2.05) is 38.4 Å². The Morgan fingerprint density at radius 1 is 1.03 bits per heavy atom. The SMILES string of the molecule is CC1CC23C[C@@]2(C)CCC3C2CCC3=CC(=O)CCC3=C12.CN(C)c1ccccc1. The number of rotatable bonds is 1. The van der Waals surface area contributed by atoms with Gasteiger partial charge in [-0.2, -0.15) is 0 Å². The molecular weight excluding hydrogens is 366 g/mol. The number of benzene rings is 1. The fourth-order valence-corrected chi connectivity index (χ4v) is 7.84. The Hall–Kier alpha value is -1.83. The smallest absolute Gasteiger partial charge is 0.156 e. The summed E-state index contributed by atoms with van der Waals surface area (Å²) in [5.41, 5.74) is 7.50. The van der Waals surface area contributed by atoms with E-state index in [0.717, 1.165) is 30.6 Å². The normalized spacial score (nSPS) is 38.3. The quantitative estimate of drug-likeness (QED) is 0.528. The molecule has 0 amide bonds. The van der Waals surface area contributed by atoms with Gasteiger partial charge in [0, 0.05) is 26.2 Å². The predicted octanol–water partition coefficient (Wildman–Crippen LogP) is 6.58. The minimum atomic E-state index is 0.364. The molecule has 6 rings (SSSR count). The summed E-state index contributed by atoms with van der Waals surface area (Å²) in [6.07, 6.45) is 12.2. The van der Waals surface area contributed by atoms with Gasteiger partial charge in [-0.25, -0.2) is 0 Å². The van der Waals surface area contributed by atoms with Gasteiger partial charge in [-0.3, -0.25) is 4.79 Å². The summed E-state index contributed by atoms with van der Waals surface area (Å²) in [7, 11) is 4.07. The molecular formula is C28H37NO. The van der Waals surface area contributed by atoms with Crippen LogP contribution in [0.5, 0.6) is 0 Å². The average molecular weight is 404 g/mol. The van der Waals surface area contributed by atoms with Crippen molar-refractivity contribution >= 4 is 11.5 Å². The van der Waals surface area contributed by atoms with Gasteiger partial charge in [0.15, 0.2) is 5.78 Å². The van der Waals surface area contributed by atoms with Crippen LogP contribution in [0.15, 0.2) is 53.1 Å². The summed E-state index contributed by atoms with van der Waals surface area (Å²) in [5, 5.41) is 0. The molecule has 1 aromatic rings. The van der Waals surface area contributed by atoms with Gasteiger partial charge in [-0.1, -0.05) is 37.6 Å². The van der Waals surface area contributed by atoms with Gasteiger partial charge in [0.2, 0.25) is 0 Å². The van der Waals surface area contributed by atoms with Crippen molar-refractivity contribution < 1.29 is 4.79 Å². The van der Waals surface area contributed by atoms with Crippen molar-refractivity contribution in [1.82, 2.24) is 0 Å². The number of hydrogen-bond acceptors (Lipinski definition) is 2. The lowest BCUT2D eigenvalue weighted by atomic mass is 9.57. The highest BCUT2D eigenvalue weighted by atomic mass is 16.1. The van der Waals surface area contributed by atoms with Crippen LogP contribution in [0, 0.1) is 28.6 Å². The van der Waals surface area contributed by atoms with Gasteiger partial charge < -0.3 is 4.90 Å². The van der Waals surface area contributed by atoms with Crippen LogP contribution < -0.4 is 4.90 Å². The molecule has 0 N–H and O–H groups in total. The number of fused-ring (bicyclic) bond motifs is 3. The van der Waals surface area contributed by atoms with Crippen molar-refractivity contribution in [2.75, 3.05) is 19.0 Å². The van der Waals surface area contributed by atoms with E-state index in [1.54, 1.807) is 11.1 Å². The Morgan fingerprint density at radius 3 is 2.47 bits per heavy atom. The summed E-state index contributed by atoms with van der Waals surface area (Å²) in [5.74, 6) is 2.96. The maximum absolute atomic E-state index is 11.7. The number of carbonyl (C=O) groups is 1. The van der Waals surface area contributed by atoms with E-state index in [9.17, 15) is 4.79 Å². The highest BCUT2D eigenvalue weighted by molar-refractivity contribution is 5.93. The first-order chi connectivity index (χ1) is 14.3. The zero-order valence-corrected chi connectivity index (χ0v) is 19.2. The van der Waals surface area contributed by atoms with E-state index in [4.69, 9.17) is 0 Å². The zero-order valence-electron chi connectivity index (χ0n) is 19.2. The standard InChI is InChI=1S/C20H26O.C8H11N/c1-12-10-20-11-19(20,2)8-7-17(20)16-5-3-13-9-14(21)4-6-15(13)18(12)16;1-9(2)8-6-4-3-5-7-8/h9,12,16-17H,3-8,10-11H2,1-2H3;3-7H,1-2H3/t12?,16?,17?,19-,20?;/m1./s1. The van der Waals surface area contributed by atoms with Crippen LogP contribution in [0.1, 0.15) is 65.2 Å². The lowest BCUT2D eigenvalue weighted by Crippen LogP contribution is -2.37. The molecule has 0 aliphatic heterocycles. The van der Waals surface area contributed by atoms with Gasteiger partial charge in [-0.05, 0) is 103 Å². The van der Waals surface area contributed by atoms with Crippen molar-refractivity contribution in [2.24, 2.45) is 28.6 Å². The van der Waals surface area contributed by atoms with Gasteiger partial charge in [0.1, 0.15) is 0 Å². The Bertz CT molecular complexity index is 910. The van der Waals surface area contributed by atoms with E-state index in [0.29, 0.717) is 16.6 Å². The average Bonchev–Trinajstić information content (AvgIpc) is 3.20. The first-order valence-electron chi connectivity index (χ1n) is 12.0. The topological polar surface area (TPSA) is 20.3 Å². The van der Waals surface area contributed by atoms with Crippen LogP contribution in [0.2, 0.25) is 0 Å². The molecule has 1 aromatic carbocycles. The number of nitrogens with zero attached hydrogens (tertiary/aromatic N) is 1. The number of carbonyl (C=O) groups excluding carboxylic acids is 1. The van der Waals surface area contributed by atoms with Gasteiger partial charge in [0.05, 0.1) is 0 Å². The Balaban J connectivity index is 0.000000182. The summed E-state index contributed by atoms with van der Waals surface area (Å²) < 4.78 is 0. The van der Waals surface area contributed by atoms with Crippen molar-refractivity contribution in [2.45, 2.75) is 65.2 Å². The molecule has 30 heavy (non-hydrogen) atoms. The molecule has 0 saturated heterocycles. The first-order valence-corrected chi connectivity index (χ1v) is 12.0. The molecule has 160 valence electrons. The fourth-order valence-electron chi connectivity index (χ4n) is 7.84. The molecule has 5 atom stereocenters. The molecule has 0 heterocycles. The van der Waals surface area contributed by atoms with Crippen LogP contribution in [0.4, 0.5) is 5.69 Å². The first kappa shape index (κ1) is 20.1. The molecule has 4 unspecified atom stereocenters. The van der Waals surface area contributed by atoms with Crippen molar-refractivity contribution in [3.8, 4) is 0 Å². The highest BCUT2D eigenvalue weighted by Crippen LogP contribution is 2.82. The van der Waals surface area contributed by atoms with Crippen molar-refractivity contribution in [1.29, 1.82) is 0 Å². The molecule has 0 aromatic heterocycles. The number of para-hydroxylation sites is 1. The van der Waals surface area contributed by atoms with E-state index < -0.39 is 0 Å². The third-order valence-electron chi connectivity index (χ3n) is 9.28. The number of ketones is 1. The third kappa shape index (κ3) is 3.01. The summed E-state index contributed by atoms with van der Waals surface area (Å²) >= 11 is 0. The number of allylic oxidation sites excluding steroid dienone is 4. The van der Waals surface area contributed by atoms with Gasteiger partial charge in [0.25, 0.3) is 0 Å². The zero-order chi connectivity index (χ0) is 21.1. The van der Waals surface area contributed by atoms with Crippen LogP contribution in [-0.4, -0.2) is 19.9 Å². The van der Waals surface area contributed by atoms with E-state index in [-0.39, 0.29) is 0 Å². The molecule has 5 aliphatic rings. The minimum Gasteiger partial charge on any atom is -0.378 e. The molecule has 0 bridgehead atoms. The van der Waals surface area contributed by atoms with Crippen LogP contribution >= 0.6 is 0 Å². The van der Waals surface area contributed by atoms with Crippen LogP contribution in [-0.2, 0) is 4.79 Å². The third-order valence-corrected chi connectivity index (χ3v) is 9.28. The largest absolute Gasteiger partial charge is 0.378 e. The lowest BCUT2D eigenvalue weighted by Gasteiger charge is -2.47. The second kappa shape index (κ2) is 7.11. The van der Waals surface area contributed by atoms with Crippen LogP contribution in [0.25, 0.3) is 0 Å². The molecule has 1 spiro atoms. The minimum absolute atomic E-state index is 0.364. The molecule has 0 radical (unpaired) electrons. The maximum Gasteiger partial charge on any atom is 0.156 e. The Kier molecular flexibility index (Phi) is 4.76. The second-order valence-electron chi connectivity index (χ2n) is 11.1. The Morgan fingerprint density at radius 2 is 1.80 bits per heavy atom. The highest BCUT2D eigenvalue weighted by Gasteiger charge is 2.73. The monoisotopic (exact) mass is 403 g/mol. The van der Waals surface area contributed by atoms with Crippen LogP contribution in [0.3, 0.4) is 0 Å². The fraction of sp³-hybridized carbons (Fsp3) is 0.607. The number of anilines is 1.